The Morgan fingerprint density at radius 3 is 1.74 bits per heavy atom. The molecule has 0 fully saturated rings. The Bertz CT molecular complexity index is 547. The molecule has 31 heavy (non-hydrogen) atoms. The van der Waals surface area contributed by atoms with Gasteiger partial charge in [0, 0.05) is 6.42 Å². The molecule has 178 valence electrons. The Kier molecular flexibility index (Phi) is 17.8. The van der Waals surface area contributed by atoms with Crippen LogP contribution in [0.1, 0.15) is 110 Å². The second kappa shape index (κ2) is 20.2. The Balaban J connectivity index is 1.82. The van der Waals surface area contributed by atoms with Crippen molar-refractivity contribution in [1.82, 2.24) is 5.32 Å². The number of nitrogens with one attached hydrogen (secondary N) is 1. The molecule has 1 amide bonds. The van der Waals surface area contributed by atoms with Crippen LogP contribution in [0.25, 0.3) is 0 Å². The zero-order valence-corrected chi connectivity index (χ0v) is 20.3. The minimum absolute atomic E-state index is 0.123. The summed E-state index contributed by atoms with van der Waals surface area (Å²) in [6.45, 7) is 3.25. The van der Waals surface area contributed by atoms with E-state index in [9.17, 15) is 4.79 Å². The van der Waals surface area contributed by atoms with Gasteiger partial charge in [-0.2, -0.15) is 0 Å². The predicted molar refractivity (Wildman–Crippen MR) is 131 cm³/mol. The number of para-hydroxylation sites is 2. The largest absolute Gasteiger partial charge is 0.493 e. The molecule has 0 bridgehead atoms. The molecule has 0 heterocycles. The second-order valence-electron chi connectivity index (χ2n) is 8.55. The first-order valence-electron chi connectivity index (χ1n) is 12.8. The third kappa shape index (κ3) is 15.7. The number of carbonyl (C=O) groups is 1. The van der Waals surface area contributed by atoms with Crippen LogP contribution >= 0.6 is 0 Å². The van der Waals surface area contributed by atoms with Gasteiger partial charge in [-0.05, 0) is 18.6 Å². The summed E-state index contributed by atoms with van der Waals surface area (Å²) in [5.74, 6) is 1.55. The molecule has 0 unspecified atom stereocenters. The Labute approximate surface area is 191 Å². The highest BCUT2D eigenvalue weighted by atomic mass is 16.5. The molecule has 0 spiro atoms. The van der Waals surface area contributed by atoms with E-state index in [0.717, 1.165) is 12.8 Å². The fourth-order valence-corrected chi connectivity index (χ4v) is 3.83. The maximum atomic E-state index is 11.9. The smallest absolute Gasteiger partial charge is 0.220 e. The van der Waals surface area contributed by atoms with E-state index in [4.69, 9.17) is 9.47 Å². The number of hydrogen-bond donors (Lipinski definition) is 1. The average Bonchev–Trinajstić information content (AvgIpc) is 2.79. The number of amides is 1. The number of benzene rings is 1. The molecule has 1 rings (SSSR count). The molecular formula is C27H47NO3. The van der Waals surface area contributed by atoms with Gasteiger partial charge < -0.3 is 14.8 Å². The third-order valence-corrected chi connectivity index (χ3v) is 5.76. The van der Waals surface area contributed by atoms with E-state index in [1.807, 2.05) is 24.3 Å². The zero-order valence-electron chi connectivity index (χ0n) is 20.3. The Morgan fingerprint density at radius 2 is 1.23 bits per heavy atom. The lowest BCUT2D eigenvalue weighted by Gasteiger charge is -2.10. The fraction of sp³-hybridized carbons (Fsp3) is 0.741. The van der Waals surface area contributed by atoms with Crippen LogP contribution in [0.15, 0.2) is 24.3 Å². The number of unbranched alkanes of at least 4 members (excludes halogenated alkanes) is 14. The first-order chi connectivity index (χ1) is 15.3. The van der Waals surface area contributed by atoms with E-state index in [0.29, 0.717) is 31.1 Å². The van der Waals surface area contributed by atoms with Crippen LogP contribution in [0.5, 0.6) is 11.5 Å². The van der Waals surface area contributed by atoms with E-state index in [1.165, 1.54) is 83.5 Å². The molecule has 0 aliphatic carbocycles. The molecule has 0 aliphatic heterocycles. The number of methoxy groups -OCH3 is 1. The third-order valence-electron chi connectivity index (χ3n) is 5.76. The lowest BCUT2D eigenvalue weighted by molar-refractivity contribution is -0.121. The highest BCUT2D eigenvalue weighted by Crippen LogP contribution is 2.25. The highest BCUT2D eigenvalue weighted by molar-refractivity contribution is 5.75. The van der Waals surface area contributed by atoms with E-state index in [2.05, 4.69) is 12.2 Å². The molecule has 4 heteroatoms. The van der Waals surface area contributed by atoms with Gasteiger partial charge in [-0.25, -0.2) is 0 Å². The van der Waals surface area contributed by atoms with Crippen LogP contribution in [0.4, 0.5) is 0 Å². The first kappa shape index (κ1) is 27.3. The normalized spacial score (nSPS) is 10.8. The van der Waals surface area contributed by atoms with Gasteiger partial charge in [0.15, 0.2) is 11.5 Å². The van der Waals surface area contributed by atoms with Crippen LogP contribution in [-0.4, -0.2) is 26.2 Å². The van der Waals surface area contributed by atoms with Crippen molar-refractivity contribution in [3.8, 4) is 11.5 Å². The molecule has 0 aromatic heterocycles. The lowest BCUT2D eigenvalue weighted by Crippen LogP contribution is -2.27. The Morgan fingerprint density at radius 1 is 0.742 bits per heavy atom. The molecule has 1 aromatic rings. The van der Waals surface area contributed by atoms with Crippen molar-refractivity contribution in [2.45, 2.75) is 110 Å². The van der Waals surface area contributed by atoms with Crippen LogP contribution in [-0.2, 0) is 4.79 Å². The van der Waals surface area contributed by atoms with Gasteiger partial charge in [0.25, 0.3) is 0 Å². The van der Waals surface area contributed by atoms with Crippen molar-refractivity contribution in [2.24, 2.45) is 0 Å². The monoisotopic (exact) mass is 433 g/mol. The molecule has 0 atom stereocenters. The summed E-state index contributed by atoms with van der Waals surface area (Å²) in [6.07, 6.45) is 20.7. The second-order valence-corrected chi connectivity index (χ2v) is 8.55. The van der Waals surface area contributed by atoms with E-state index in [-0.39, 0.29) is 5.91 Å². The molecular weight excluding hydrogens is 386 g/mol. The Hall–Kier alpha value is -1.71. The molecule has 0 aliphatic rings. The summed E-state index contributed by atoms with van der Waals surface area (Å²) >= 11 is 0. The van der Waals surface area contributed by atoms with Gasteiger partial charge in [-0.15, -0.1) is 0 Å². The van der Waals surface area contributed by atoms with Crippen molar-refractivity contribution >= 4 is 5.91 Å². The standard InChI is InChI=1S/C27H47NO3/c1-3-4-5-6-7-8-9-10-11-12-13-14-15-16-17-22-27(29)28-23-24-31-26-21-19-18-20-25(26)30-2/h18-21H,3-17,22-24H2,1-2H3,(H,28,29). The van der Waals surface area contributed by atoms with E-state index >= 15 is 0 Å². The molecule has 1 N–H and O–H groups in total. The maximum Gasteiger partial charge on any atom is 0.220 e. The highest BCUT2D eigenvalue weighted by Gasteiger charge is 2.04. The van der Waals surface area contributed by atoms with Gasteiger partial charge >= 0.3 is 0 Å². The topological polar surface area (TPSA) is 47.6 Å². The van der Waals surface area contributed by atoms with Crippen molar-refractivity contribution < 1.29 is 14.3 Å². The molecule has 4 nitrogen and oxygen atoms in total. The zero-order chi connectivity index (χ0) is 22.4. The van der Waals surface area contributed by atoms with Gasteiger partial charge in [-0.3, -0.25) is 4.79 Å². The van der Waals surface area contributed by atoms with Gasteiger partial charge in [-0.1, -0.05) is 109 Å². The SMILES string of the molecule is CCCCCCCCCCCCCCCCCC(=O)NCCOc1ccccc1OC. The van der Waals surface area contributed by atoms with Crippen molar-refractivity contribution in [1.29, 1.82) is 0 Å². The number of carbonyl (C=O) groups excluding carboxylic acids is 1. The predicted octanol–water partition coefficient (Wildman–Crippen LogP) is 7.45. The van der Waals surface area contributed by atoms with Crippen LogP contribution in [0.3, 0.4) is 0 Å². The van der Waals surface area contributed by atoms with E-state index in [1.54, 1.807) is 7.11 Å². The summed E-state index contributed by atoms with van der Waals surface area (Å²) in [5.41, 5.74) is 0. The lowest BCUT2D eigenvalue weighted by atomic mass is 10.0. The average molecular weight is 434 g/mol. The minimum atomic E-state index is 0.123. The molecule has 0 radical (unpaired) electrons. The van der Waals surface area contributed by atoms with Gasteiger partial charge in [0.1, 0.15) is 6.61 Å². The van der Waals surface area contributed by atoms with Crippen LogP contribution in [0.2, 0.25) is 0 Å². The van der Waals surface area contributed by atoms with E-state index < -0.39 is 0 Å². The first-order valence-corrected chi connectivity index (χ1v) is 12.8. The summed E-state index contributed by atoms with van der Waals surface area (Å²) in [4.78, 5) is 11.9. The summed E-state index contributed by atoms with van der Waals surface area (Å²) in [6, 6.07) is 7.55. The molecule has 1 aromatic carbocycles. The van der Waals surface area contributed by atoms with Crippen molar-refractivity contribution in [2.75, 3.05) is 20.3 Å². The van der Waals surface area contributed by atoms with Crippen LogP contribution in [0, 0.1) is 0 Å². The number of ether oxygens (including phenoxy) is 2. The number of hydrogen-bond acceptors (Lipinski definition) is 3. The molecule has 0 saturated carbocycles. The van der Waals surface area contributed by atoms with Gasteiger partial charge in [0.2, 0.25) is 5.91 Å². The fourth-order valence-electron chi connectivity index (χ4n) is 3.83. The maximum absolute atomic E-state index is 11.9. The summed E-state index contributed by atoms with van der Waals surface area (Å²) < 4.78 is 10.9. The van der Waals surface area contributed by atoms with Crippen molar-refractivity contribution in [3.63, 3.8) is 0 Å². The molecule has 0 saturated heterocycles. The summed E-state index contributed by atoms with van der Waals surface area (Å²) in [7, 11) is 1.63. The van der Waals surface area contributed by atoms with Crippen molar-refractivity contribution in [3.05, 3.63) is 24.3 Å². The minimum Gasteiger partial charge on any atom is -0.493 e. The summed E-state index contributed by atoms with van der Waals surface area (Å²) in [5, 5.41) is 2.94. The van der Waals surface area contributed by atoms with Gasteiger partial charge in [0.05, 0.1) is 13.7 Å². The van der Waals surface area contributed by atoms with Crippen LogP contribution < -0.4 is 14.8 Å². The number of rotatable bonds is 21. The quantitative estimate of drug-likeness (QED) is 0.205.